The van der Waals surface area contributed by atoms with E-state index in [0.717, 1.165) is 6.92 Å². The van der Waals surface area contributed by atoms with Crippen LogP contribution in [0.5, 0.6) is 0 Å². The number of aliphatic hydroxyl groups excluding tert-OH is 2. The van der Waals surface area contributed by atoms with Crippen LogP contribution in [0, 0.1) is 0 Å². The maximum Gasteiger partial charge on any atom is 0.200 e. The standard InChI is InChI=1S/C20H20O7/c1-19(26,12-21)20(27,17(24)14-10-6-3-7-11-14)18(25)16(23)15(22)13-8-4-2-5-9-13/h2-12,16,18,23,25-27H,1H3/t16?,18-,19+,20-/m1/s1. The van der Waals surface area contributed by atoms with Crippen molar-refractivity contribution in [1.82, 2.24) is 0 Å². The van der Waals surface area contributed by atoms with Gasteiger partial charge in [-0.05, 0) is 6.92 Å². The van der Waals surface area contributed by atoms with Gasteiger partial charge in [0.15, 0.2) is 23.3 Å². The van der Waals surface area contributed by atoms with E-state index < -0.39 is 35.0 Å². The van der Waals surface area contributed by atoms with Crippen LogP contribution in [-0.4, -0.2) is 61.7 Å². The third kappa shape index (κ3) is 3.72. The number of benzene rings is 2. The molecule has 2 rings (SSSR count). The van der Waals surface area contributed by atoms with Crippen LogP contribution in [-0.2, 0) is 4.79 Å². The SMILES string of the molecule is C[C@](O)(C=O)[C@@](O)(C(=O)c1ccccc1)[C@H](O)C(O)C(=O)c1ccccc1. The molecular formula is C20H20O7. The molecule has 0 saturated carbocycles. The molecule has 142 valence electrons. The van der Waals surface area contributed by atoms with E-state index in [1.54, 1.807) is 12.1 Å². The van der Waals surface area contributed by atoms with Crippen molar-refractivity contribution in [2.75, 3.05) is 0 Å². The lowest BCUT2D eigenvalue weighted by Crippen LogP contribution is -2.69. The third-order valence-electron chi connectivity index (χ3n) is 4.44. The highest BCUT2D eigenvalue weighted by atomic mass is 16.4. The Labute approximate surface area is 155 Å². The summed E-state index contributed by atoms with van der Waals surface area (Å²) in [5.74, 6) is -2.20. The van der Waals surface area contributed by atoms with Gasteiger partial charge in [0.05, 0.1) is 0 Å². The number of rotatable bonds is 8. The van der Waals surface area contributed by atoms with Gasteiger partial charge in [-0.25, -0.2) is 0 Å². The van der Waals surface area contributed by atoms with E-state index >= 15 is 0 Å². The summed E-state index contributed by atoms with van der Waals surface area (Å²) in [4.78, 5) is 36.6. The number of Topliss-reactive ketones (excluding diaryl/α,β-unsaturated/α-hetero) is 2. The van der Waals surface area contributed by atoms with Crippen molar-refractivity contribution >= 4 is 17.9 Å². The van der Waals surface area contributed by atoms with Gasteiger partial charge < -0.3 is 25.2 Å². The second-order valence-corrected chi connectivity index (χ2v) is 6.35. The van der Waals surface area contributed by atoms with Crippen LogP contribution in [0.15, 0.2) is 60.7 Å². The molecule has 0 aromatic heterocycles. The van der Waals surface area contributed by atoms with Crippen molar-refractivity contribution < 1.29 is 34.8 Å². The second kappa shape index (κ2) is 7.89. The van der Waals surface area contributed by atoms with Crippen LogP contribution in [0.2, 0.25) is 0 Å². The molecule has 0 spiro atoms. The molecule has 27 heavy (non-hydrogen) atoms. The zero-order chi connectivity index (χ0) is 20.2. The lowest BCUT2D eigenvalue weighted by Gasteiger charge is -2.40. The maximum atomic E-state index is 12.8. The zero-order valence-corrected chi connectivity index (χ0v) is 14.5. The predicted octanol–water partition coefficient (Wildman–Crippen LogP) is 0.155. The van der Waals surface area contributed by atoms with E-state index in [9.17, 15) is 34.8 Å². The minimum Gasteiger partial charge on any atom is -0.386 e. The van der Waals surface area contributed by atoms with E-state index in [0.29, 0.717) is 0 Å². The summed E-state index contributed by atoms with van der Waals surface area (Å²) in [7, 11) is 0. The number of carbonyl (C=O) groups excluding carboxylic acids is 3. The predicted molar refractivity (Wildman–Crippen MR) is 95.2 cm³/mol. The molecule has 7 nitrogen and oxygen atoms in total. The number of hydrogen-bond donors (Lipinski definition) is 4. The Morgan fingerprint density at radius 1 is 0.889 bits per heavy atom. The van der Waals surface area contributed by atoms with Crippen LogP contribution in [0.25, 0.3) is 0 Å². The Morgan fingerprint density at radius 3 is 1.78 bits per heavy atom. The number of aliphatic hydroxyl groups is 4. The first-order valence-electron chi connectivity index (χ1n) is 8.13. The van der Waals surface area contributed by atoms with E-state index in [-0.39, 0.29) is 17.4 Å². The van der Waals surface area contributed by atoms with Crippen LogP contribution >= 0.6 is 0 Å². The Balaban J connectivity index is 2.49. The minimum absolute atomic E-state index is 0.0179. The molecule has 0 saturated heterocycles. The molecule has 4 N–H and O–H groups in total. The molecule has 0 heterocycles. The Morgan fingerprint density at radius 2 is 1.33 bits per heavy atom. The lowest BCUT2D eigenvalue weighted by molar-refractivity contribution is -0.181. The van der Waals surface area contributed by atoms with E-state index in [1.165, 1.54) is 48.5 Å². The molecule has 2 aromatic rings. The molecular weight excluding hydrogens is 352 g/mol. The van der Waals surface area contributed by atoms with Crippen molar-refractivity contribution in [3.8, 4) is 0 Å². The van der Waals surface area contributed by atoms with Gasteiger partial charge in [0.1, 0.15) is 12.2 Å². The highest BCUT2D eigenvalue weighted by molar-refractivity contribution is 6.07. The van der Waals surface area contributed by atoms with Crippen molar-refractivity contribution in [2.45, 2.75) is 30.3 Å². The summed E-state index contributed by atoms with van der Waals surface area (Å²) in [5.41, 5.74) is -6.05. The van der Waals surface area contributed by atoms with E-state index in [1.807, 2.05) is 0 Å². The number of carbonyl (C=O) groups is 3. The number of ketones is 2. The maximum absolute atomic E-state index is 12.8. The van der Waals surface area contributed by atoms with E-state index in [4.69, 9.17) is 0 Å². The fraction of sp³-hybridized carbons (Fsp3) is 0.250. The Bertz CT molecular complexity index is 817. The minimum atomic E-state index is -3.17. The molecule has 0 amide bonds. The normalized spacial score (nSPS) is 17.8. The lowest BCUT2D eigenvalue weighted by atomic mass is 9.73. The highest BCUT2D eigenvalue weighted by Crippen LogP contribution is 2.31. The van der Waals surface area contributed by atoms with Crippen LogP contribution < -0.4 is 0 Å². The van der Waals surface area contributed by atoms with Crippen LogP contribution in [0.1, 0.15) is 27.6 Å². The van der Waals surface area contributed by atoms with Crippen LogP contribution in [0.3, 0.4) is 0 Å². The summed E-state index contributed by atoms with van der Waals surface area (Å²) in [6.45, 7) is 0.809. The van der Waals surface area contributed by atoms with Gasteiger partial charge in [0.25, 0.3) is 0 Å². The summed E-state index contributed by atoms with van der Waals surface area (Å²) in [6, 6.07) is 14.6. The van der Waals surface area contributed by atoms with E-state index in [2.05, 4.69) is 0 Å². The van der Waals surface area contributed by atoms with Crippen molar-refractivity contribution in [1.29, 1.82) is 0 Å². The van der Waals surface area contributed by atoms with Gasteiger partial charge in [-0.3, -0.25) is 9.59 Å². The zero-order valence-electron chi connectivity index (χ0n) is 14.5. The Hall–Kier alpha value is -2.71. The quantitative estimate of drug-likeness (QED) is 0.383. The van der Waals surface area contributed by atoms with Gasteiger partial charge in [-0.1, -0.05) is 60.7 Å². The van der Waals surface area contributed by atoms with Crippen molar-refractivity contribution in [3.05, 3.63) is 71.8 Å². The van der Waals surface area contributed by atoms with Gasteiger partial charge in [0, 0.05) is 11.1 Å². The summed E-state index contributed by atoms with van der Waals surface area (Å²) >= 11 is 0. The Kier molecular flexibility index (Phi) is 6.02. The number of hydrogen-bond acceptors (Lipinski definition) is 7. The molecule has 1 unspecified atom stereocenters. The van der Waals surface area contributed by atoms with Crippen molar-refractivity contribution in [3.63, 3.8) is 0 Å². The first-order chi connectivity index (χ1) is 12.7. The molecule has 4 atom stereocenters. The largest absolute Gasteiger partial charge is 0.386 e. The fourth-order valence-corrected chi connectivity index (χ4v) is 2.71. The summed E-state index contributed by atoms with van der Waals surface area (Å²) in [6.07, 6.45) is -4.87. The molecule has 0 fully saturated rings. The van der Waals surface area contributed by atoms with Crippen LogP contribution in [0.4, 0.5) is 0 Å². The molecule has 0 aliphatic heterocycles. The highest BCUT2D eigenvalue weighted by Gasteiger charge is 2.60. The van der Waals surface area contributed by atoms with Gasteiger partial charge in [-0.15, -0.1) is 0 Å². The summed E-state index contributed by atoms with van der Waals surface area (Å²) in [5, 5.41) is 42.0. The second-order valence-electron chi connectivity index (χ2n) is 6.35. The molecule has 0 aliphatic carbocycles. The molecule has 0 aliphatic rings. The molecule has 7 heteroatoms. The number of aldehydes is 1. The average Bonchev–Trinajstić information content (AvgIpc) is 2.72. The van der Waals surface area contributed by atoms with Gasteiger partial charge in [0.2, 0.25) is 5.78 Å². The molecule has 0 bridgehead atoms. The van der Waals surface area contributed by atoms with Crippen molar-refractivity contribution in [2.24, 2.45) is 0 Å². The first-order valence-corrected chi connectivity index (χ1v) is 8.13. The summed E-state index contributed by atoms with van der Waals surface area (Å²) < 4.78 is 0. The molecule has 0 radical (unpaired) electrons. The smallest absolute Gasteiger partial charge is 0.200 e. The molecule has 2 aromatic carbocycles. The average molecular weight is 372 g/mol. The fourth-order valence-electron chi connectivity index (χ4n) is 2.71. The van der Waals surface area contributed by atoms with Gasteiger partial charge >= 0.3 is 0 Å². The monoisotopic (exact) mass is 372 g/mol. The first kappa shape index (κ1) is 20.6. The topological polar surface area (TPSA) is 132 Å². The van der Waals surface area contributed by atoms with Gasteiger partial charge in [-0.2, -0.15) is 0 Å². The third-order valence-corrected chi connectivity index (χ3v) is 4.44.